The molecule has 1 aliphatic heterocycles. The average molecular weight is 577 g/mol. The van der Waals surface area contributed by atoms with Crippen molar-refractivity contribution in [2.45, 2.75) is 78.4 Å². The molecular formula is C31H34F2N6OS. The maximum atomic E-state index is 13.2. The lowest BCUT2D eigenvalue weighted by Gasteiger charge is -2.31. The third-order valence-corrected chi connectivity index (χ3v) is 10.9. The fourth-order valence-electron chi connectivity index (χ4n) is 7.46. The number of aromatic nitrogens is 5. The normalized spacial score (nSPS) is 21.0. The highest BCUT2D eigenvalue weighted by atomic mass is 32.1. The van der Waals surface area contributed by atoms with Crippen LogP contribution in [0.5, 0.6) is 0 Å². The second-order valence-corrected chi connectivity index (χ2v) is 13.2. The van der Waals surface area contributed by atoms with Crippen molar-refractivity contribution in [3.05, 3.63) is 73.9 Å². The lowest BCUT2D eigenvalue weighted by atomic mass is 9.88. The third kappa shape index (κ3) is 4.01. The molecule has 1 saturated carbocycles. The average Bonchev–Trinajstić information content (AvgIpc) is 3.74. The Morgan fingerprint density at radius 2 is 1.95 bits per heavy atom. The van der Waals surface area contributed by atoms with E-state index in [2.05, 4.69) is 60.8 Å². The quantitative estimate of drug-likeness (QED) is 0.238. The molecule has 10 heteroatoms. The number of thiophene rings is 1. The van der Waals surface area contributed by atoms with Crippen molar-refractivity contribution < 1.29 is 8.78 Å². The molecule has 41 heavy (non-hydrogen) atoms. The fourth-order valence-corrected chi connectivity index (χ4v) is 8.89. The number of nitrogens with one attached hydrogen (secondary N) is 1. The van der Waals surface area contributed by atoms with E-state index in [9.17, 15) is 13.6 Å². The molecule has 2 fully saturated rings. The highest BCUT2D eigenvalue weighted by Gasteiger charge is 2.46. The summed E-state index contributed by atoms with van der Waals surface area (Å²) in [5.41, 5.74) is 8.16. The van der Waals surface area contributed by atoms with Crippen LogP contribution in [0, 0.1) is 26.7 Å². The van der Waals surface area contributed by atoms with Crippen LogP contribution in [0.4, 0.5) is 8.78 Å². The number of piperidine rings is 1. The van der Waals surface area contributed by atoms with Crippen LogP contribution in [0.15, 0.2) is 35.6 Å². The second-order valence-electron chi connectivity index (χ2n) is 12.1. The first-order valence-corrected chi connectivity index (χ1v) is 15.1. The van der Waals surface area contributed by atoms with E-state index in [1.165, 1.54) is 37.5 Å². The molecule has 0 unspecified atom stereocenters. The molecule has 7 nitrogen and oxygen atoms in total. The number of pyridine rings is 2. The summed E-state index contributed by atoms with van der Waals surface area (Å²) in [5, 5.41) is 5.77. The van der Waals surface area contributed by atoms with Crippen molar-refractivity contribution in [3.8, 4) is 11.3 Å². The van der Waals surface area contributed by atoms with Gasteiger partial charge in [0.15, 0.2) is 5.65 Å². The van der Waals surface area contributed by atoms with Crippen molar-refractivity contribution in [2.24, 2.45) is 5.92 Å². The topological polar surface area (TPSA) is 71.2 Å². The first-order valence-electron chi connectivity index (χ1n) is 14.3. The van der Waals surface area contributed by atoms with E-state index in [4.69, 9.17) is 0 Å². The van der Waals surface area contributed by atoms with Crippen LogP contribution in [0.1, 0.15) is 77.8 Å². The number of aromatic amines is 1. The smallest absolute Gasteiger partial charge is 0.321 e. The van der Waals surface area contributed by atoms with Gasteiger partial charge < -0.3 is 4.98 Å². The van der Waals surface area contributed by atoms with Crippen LogP contribution < -0.4 is 5.56 Å². The third-order valence-electron chi connectivity index (χ3n) is 9.56. The lowest BCUT2D eigenvalue weighted by molar-refractivity contribution is 0.0655. The summed E-state index contributed by atoms with van der Waals surface area (Å²) in [7, 11) is 0. The first kappa shape index (κ1) is 26.5. The van der Waals surface area contributed by atoms with E-state index in [1.807, 2.05) is 15.9 Å². The molecule has 0 amide bonds. The SMILES string of the molecule is Cc1c(-c2[nH]c3sc([C@@H]4C[C@@H]5C[C@H]4CN5Cc4cccn(C(F)F)c4=O)c(C)c3c2C(C)C)cn2ncnc2c1C. The Morgan fingerprint density at radius 1 is 1.15 bits per heavy atom. The molecule has 7 rings (SSSR count). The molecular weight excluding hydrogens is 542 g/mol. The number of hydrogen-bond donors (Lipinski definition) is 1. The molecule has 6 heterocycles. The standard InChI is InChI=1S/C31H34F2N6OS/c1-15(2)24-25-18(5)27(41-29(25)36-26(24)23-13-39-28(34-14-35-39)17(4)16(23)3)22-10-21-9-20(22)12-37(21)11-19-7-6-8-38(30(19)40)31(32)33/h6-8,13-15,20-22,31,36H,9-12H2,1-5H3/t20-,21-,22+/m0/s1. The Hall–Kier alpha value is -3.37. The maximum Gasteiger partial charge on any atom is 0.321 e. The molecule has 5 aromatic heterocycles. The van der Waals surface area contributed by atoms with E-state index in [-0.39, 0.29) is 0 Å². The monoisotopic (exact) mass is 576 g/mol. The van der Waals surface area contributed by atoms with Gasteiger partial charge in [0.2, 0.25) is 0 Å². The Morgan fingerprint density at radius 3 is 2.66 bits per heavy atom. The van der Waals surface area contributed by atoms with Crippen LogP contribution in [0.3, 0.4) is 0 Å². The van der Waals surface area contributed by atoms with E-state index in [0.717, 1.165) is 42.4 Å². The van der Waals surface area contributed by atoms with Gasteiger partial charge in [0.1, 0.15) is 11.2 Å². The number of aryl methyl sites for hydroxylation is 2. The summed E-state index contributed by atoms with van der Waals surface area (Å²) in [6.45, 7) is 9.58. The van der Waals surface area contributed by atoms with Gasteiger partial charge in [-0.1, -0.05) is 19.9 Å². The van der Waals surface area contributed by atoms with Gasteiger partial charge in [0.05, 0.1) is 5.69 Å². The summed E-state index contributed by atoms with van der Waals surface area (Å²) < 4.78 is 28.9. The zero-order valence-electron chi connectivity index (χ0n) is 23.9. The summed E-state index contributed by atoms with van der Waals surface area (Å²) in [6, 6.07) is 3.60. The van der Waals surface area contributed by atoms with E-state index < -0.39 is 12.1 Å². The van der Waals surface area contributed by atoms with Gasteiger partial charge in [-0.05, 0) is 79.7 Å². The number of likely N-dealkylation sites (tertiary alicyclic amines) is 1. The summed E-state index contributed by atoms with van der Waals surface area (Å²) >= 11 is 1.89. The zero-order chi connectivity index (χ0) is 28.7. The van der Waals surface area contributed by atoms with E-state index >= 15 is 0 Å². The van der Waals surface area contributed by atoms with Gasteiger partial charge in [-0.25, -0.2) is 9.50 Å². The predicted molar refractivity (Wildman–Crippen MR) is 158 cm³/mol. The molecule has 5 aromatic rings. The van der Waals surface area contributed by atoms with Crippen molar-refractivity contribution in [1.29, 1.82) is 0 Å². The van der Waals surface area contributed by atoms with Crippen LogP contribution in [-0.4, -0.2) is 41.6 Å². The number of hydrogen-bond acceptors (Lipinski definition) is 5. The molecule has 0 aromatic carbocycles. The number of halogens is 2. The van der Waals surface area contributed by atoms with Crippen LogP contribution >= 0.6 is 11.3 Å². The van der Waals surface area contributed by atoms with Crippen LogP contribution in [-0.2, 0) is 6.54 Å². The molecule has 214 valence electrons. The molecule has 1 N–H and O–H groups in total. The fraction of sp³-hybridized carbons (Fsp3) is 0.452. The van der Waals surface area contributed by atoms with Crippen molar-refractivity contribution in [3.63, 3.8) is 0 Å². The van der Waals surface area contributed by atoms with Crippen molar-refractivity contribution in [2.75, 3.05) is 6.54 Å². The minimum absolute atomic E-state index is 0.338. The second kappa shape index (κ2) is 9.59. The lowest BCUT2D eigenvalue weighted by Crippen LogP contribution is -2.36. The minimum atomic E-state index is -2.82. The number of H-pyrrole nitrogens is 1. The number of alkyl halides is 2. The predicted octanol–water partition coefficient (Wildman–Crippen LogP) is 6.92. The summed E-state index contributed by atoms with van der Waals surface area (Å²) in [6.07, 6.45) is 6.99. The summed E-state index contributed by atoms with van der Waals surface area (Å²) in [5.74, 6) is 1.32. The van der Waals surface area contributed by atoms with Crippen molar-refractivity contribution >= 4 is 27.2 Å². The van der Waals surface area contributed by atoms with Gasteiger partial charge in [-0.2, -0.15) is 13.9 Å². The molecule has 1 aliphatic carbocycles. The molecule has 0 spiro atoms. The molecule has 2 aliphatic rings. The Kier molecular flexibility index (Phi) is 6.20. The van der Waals surface area contributed by atoms with Gasteiger partial charge in [0.25, 0.3) is 5.56 Å². The highest BCUT2D eigenvalue weighted by molar-refractivity contribution is 7.19. The molecule has 2 bridgehead atoms. The number of nitrogens with zero attached hydrogens (tertiary/aromatic N) is 5. The maximum absolute atomic E-state index is 13.2. The van der Waals surface area contributed by atoms with Gasteiger partial charge in [-0.3, -0.25) is 14.3 Å². The Bertz CT molecular complexity index is 1860. The number of fused-ring (bicyclic) bond motifs is 4. The number of rotatable bonds is 6. The van der Waals surface area contributed by atoms with Gasteiger partial charge >= 0.3 is 6.55 Å². The van der Waals surface area contributed by atoms with Gasteiger partial charge in [-0.15, -0.1) is 11.3 Å². The molecule has 0 radical (unpaired) electrons. The highest BCUT2D eigenvalue weighted by Crippen LogP contribution is 2.53. The molecule has 3 atom stereocenters. The minimum Gasteiger partial charge on any atom is -0.346 e. The van der Waals surface area contributed by atoms with E-state index in [1.54, 1.807) is 18.5 Å². The largest absolute Gasteiger partial charge is 0.346 e. The first-order chi connectivity index (χ1) is 19.6. The van der Waals surface area contributed by atoms with Crippen LogP contribution in [0.2, 0.25) is 0 Å². The van der Waals surface area contributed by atoms with Gasteiger partial charge in [0, 0.05) is 52.9 Å². The Balaban J connectivity index is 1.20. The van der Waals surface area contributed by atoms with Crippen LogP contribution in [0.25, 0.3) is 27.1 Å². The Labute approximate surface area is 240 Å². The van der Waals surface area contributed by atoms with E-state index in [0.29, 0.717) is 40.5 Å². The summed E-state index contributed by atoms with van der Waals surface area (Å²) in [4.78, 5) is 25.8. The van der Waals surface area contributed by atoms with Crippen molar-refractivity contribution in [1.82, 2.24) is 29.0 Å². The zero-order valence-corrected chi connectivity index (χ0v) is 24.7. The molecule has 1 saturated heterocycles.